The summed E-state index contributed by atoms with van der Waals surface area (Å²) in [6.45, 7) is 3.15. The average Bonchev–Trinajstić information content (AvgIpc) is 3.38. The van der Waals surface area contributed by atoms with Crippen molar-refractivity contribution >= 4 is 22.5 Å². The number of amides is 1. The van der Waals surface area contributed by atoms with Crippen molar-refractivity contribution in [2.45, 2.75) is 70.2 Å². The Kier molecular flexibility index (Phi) is 5.20. The molecule has 7 nitrogen and oxygen atoms in total. The van der Waals surface area contributed by atoms with Crippen LogP contribution in [-0.4, -0.2) is 30.8 Å². The first kappa shape index (κ1) is 22.8. The fraction of sp³-hybridized carbons (Fsp3) is 0.500. The van der Waals surface area contributed by atoms with Gasteiger partial charge in [0.25, 0.3) is 5.91 Å². The number of nitrogens with zero attached hydrogens (tertiary/aromatic N) is 4. The lowest BCUT2D eigenvalue weighted by Crippen LogP contribution is -2.22. The number of fused-ring (bicyclic) bond motifs is 1. The molecule has 2 aliphatic rings. The maximum atomic E-state index is 13.0. The number of anilines is 1. The summed E-state index contributed by atoms with van der Waals surface area (Å²) in [4.78, 5) is 19.3. The van der Waals surface area contributed by atoms with Crippen LogP contribution in [0.2, 0.25) is 0 Å². The number of carbonyl (C=O) groups is 1. The van der Waals surface area contributed by atoms with Crippen molar-refractivity contribution in [2.75, 3.05) is 5.32 Å². The van der Waals surface area contributed by atoms with Crippen LogP contribution in [0.25, 0.3) is 10.9 Å². The standard InChI is InChI=1S/C24H26F3N5O2/c1-22(2,34)16-12-18-14(13-32(31-18)15-3-6-23(7-4-15)8-9-23)11-19(16)29-20(33)17-5-10-28-21(30-17)24(25,26)27/h5,10-13,15,34H,3-4,6-9H2,1-2H3,(H,29,33). The third kappa shape index (κ3) is 4.38. The predicted molar refractivity (Wildman–Crippen MR) is 119 cm³/mol. The molecule has 2 aliphatic carbocycles. The summed E-state index contributed by atoms with van der Waals surface area (Å²) in [6.07, 6.45) is 5.29. The first-order valence-corrected chi connectivity index (χ1v) is 11.4. The van der Waals surface area contributed by atoms with Gasteiger partial charge in [0.15, 0.2) is 0 Å². The van der Waals surface area contributed by atoms with Gasteiger partial charge >= 0.3 is 6.18 Å². The molecule has 0 saturated heterocycles. The van der Waals surface area contributed by atoms with Crippen LogP contribution >= 0.6 is 0 Å². The Bertz CT molecular complexity index is 1250. The fourth-order valence-corrected chi connectivity index (χ4v) is 4.85. The molecule has 2 fully saturated rings. The molecule has 5 rings (SSSR count). The molecule has 2 N–H and O–H groups in total. The molecule has 1 amide bonds. The first-order chi connectivity index (χ1) is 15.9. The van der Waals surface area contributed by atoms with Gasteiger partial charge in [0.1, 0.15) is 5.69 Å². The van der Waals surface area contributed by atoms with Crippen molar-refractivity contribution in [3.05, 3.63) is 47.7 Å². The van der Waals surface area contributed by atoms with Gasteiger partial charge in [-0.05, 0) is 76.0 Å². The van der Waals surface area contributed by atoms with Gasteiger partial charge in [-0.2, -0.15) is 18.3 Å². The first-order valence-electron chi connectivity index (χ1n) is 11.4. The lowest BCUT2D eigenvalue weighted by atomic mass is 9.83. The van der Waals surface area contributed by atoms with Crippen LogP contribution < -0.4 is 5.32 Å². The molecule has 3 aromatic rings. The Morgan fingerprint density at radius 2 is 1.88 bits per heavy atom. The summed E-state index contributed by atoms with van der Waals surface area (Å²) in [6, 6.07) is 4.83. The molecule has 2 saturated carbocycles. The summed E-state index contributed by atoms with van der Waals surface area (Å²) in [7, 11) is 0. The van der Waals surface area contributed by atoms with E-state index < -0.39 is 29.2 Å². The molecule has 0 radical (unpaired) electrons. The van der Waals surface area contributed by atoms with Crippen molar-refractivity contribution < 1.29 is 23.1 Å². The quantitative estimate of drug-likeness (QED) is 0.542. The molecule has 10 heteroatoms. The van der Waals surface area contributed by atoms with E-state index in [4.69, 9.17) is 5.10 Å². The topological polar surface area (TPSA) is 92.9 Å². The number of aromatic nitrogens is 4. The minimum Gasteiger partial charge on any atom is -0.386 e. The van der Waals surface area contributed by atoms with Crippen LogP contribution in [0.4, 0.5) is 18.9 Å². The zero-order valence-electron chi connectivity index (χ0n) is 19.0. The van der Waals surface area contributed by atoms with Gasteiger partial charge in [-0.3, -0.25) is 9.48 Å². The van der Waals surface area contributed by atoms with Crippen LogP contribution in [-0.2, 0) is 11.8 Å². The van der Waals surface area contributed by atoms with E-state index in [1.807, 2.05) is 10.9 Å². The summed E-state index contributed by atoms with van der Waals surface area (Å²) in [5.74, 6) is -2.22. The lowest BCUT2D eigenvalue weighted by Gasteiger charge is -2.28. The second-order valence-corrected chi connectivity index (χ2v) is 10.1. The Morgan fingerprint density at radius 1 is 1.18 bits per heavy atom. The number of halogens is 3. The fourth-order valence-electron chi connectivity index (χ4n) is 4.85. The number of nitrogens with one attached hydrogen (secondary N) is 1. The summed E-state index contributed by atoms with van der Waals surface area (Å²) in [5.41, 5.74) is 0.203. The van der Waals surface area contributed by atoms with E-state index in [-0.39, 0.29) is 5.69 Å². The van der Waals surface area contributed by atoms with E-state index in [1.165, 1.54) is 25.7 Å². The van der Waals surface area contributed by atoms with Crippen molar-refractivity contribution in [3.8, 4) is 0 Å². The van der Waals surface area contributed by atoms with Gasteiger partial charge < -0.3 is 10.4 Å². The van der Waals surface area contributed by atoms with Crippen LogP contribution in [0, 0.1) is 5.41 Å². The van der Waals surface area contributed by atoms with Crippen molar-refractivity contribution in [2.24, 2.45) is 5.41 Å². The number of carbonyl (C=O) groups excluding carboxylic acids is 1. The molecule has 180 valence electrons. The number of hydrogen-bond donors (Lipinski definition) is 2. The zero-order chi connectivity index (χ0) is 24.3. The van der Waals surface area contributed by atoms with Gasteiger partial charge in [0.05, 0.1) is 17.2 Å². The van der Waals surface area contributed by atoms with Crippen molar-refractivity contribution in [1.29, 1.82) is 0 Å². The monoisotopic (exact) mass is 473 g/mol. The molecule has 1 spiro atoms. The van der Waals surface area contributed by atoms with Crippen molar-refractivity contribution in [1.82, 2.24) is 19.7 Å². The van der Waals surface area contributed by atoms with E-state index in [2.05, 4.69) is 15.3 Å². The Hall–Kier alpha value is -3.01. The average molecular weight is 473 g/mol. The molecule has 0 bridgehead atoms. The highest BCUT2D eigenvalue weighted by Gasteiger charge is 2.45. The van der Waals surface area contributed by atoms with Gasteiger partial charge in [-0.25, -0.2) is 9.97 Å². The summed E-state index contributed by atoms with van der Waals surface area (Å²) >= 11 is 0. The van der Waals surface area contributed by atoms with Gasteiger partial charge in [0, 0.05) is 29.0 Å². The normalized spacial score (nSPS) is 18.4. The number of hydrogen-bond acceptors (Lipinski definition) is 5. The van der Waals surface area contributed by atoms with E-state index in [0.717, 1.165) is 30.5 Å². The van der Waals surface area contributed by atoms with E-state index in [1.54, 1.807) is 26.0 Å². The van der Waals surface area contributed by atoms with Gasteiger partial charge in [-0.15, -0.1) is 0 Å². The highest BCUT2D eigenvalue weighted by molar-refractivity contribution is 6.04. The Morgan fingerprint density at radius 3 is 2.50 bits per heavy atom. The lowest BCUT2D eigenvalue weighted by molar-refractivity contribution is -0.145. The third-order valence-electron chi connectivity index (χ3n) is 7.06. The van der Waals surface area contributed by atoms with E-state index >= 15 is 0 Å². The predicted octanol–water partition coefficient (Wildman–Crippen LogP) is 5.22. The highest BCUT2D eigenvalue weighted by atomic mass is 19.4. The van der Waals surface area contributed by atoms with Gasteiger partial charge in [-0.1, -0.05) is 0 Å². The zero-order valence-corrected chi connectivity index (χ0v) is 19.0. The molecule has 0 atom stereocenters. The number of alkyl halides is 3. The number of aliphatic hydroxyl groups is 1. The second-order valence-electron chi connectivity index (χ2n) is 10.1. The molecule has 1 aromatic carbocycles. The van der Waals surface area contributed by atoms with Crippen molar-refractivity contribution in [3.63, 3.8) is 0 Å². The minimum atomic E-state index is -4.76. The molecular formula is C24H26F3N5O2. The molecule has 2 heterocycles. The van der Waals surface area contributed by atoms with Crippen LogP contribution in [0.15, 0.2) is 30.6 Å². The molecule has 34 heavy (non-hydrogen) atoms. The Labute approximate surface area is 194 Å². The van der Waals surface area contributed by atoms with Crippen LogP contribution in [0.3, 0.4) is 0 Å². The Balaban J connectivity index is 1.45. The van der Waals surface area contributed by atoms with E-state index in [0.29, 0.717) is 22.5 Å². The summed E-state index contributed by atoms with van der Waals surface area (Å²) < 4.78 is 40.8. The SMILES string of the molecule is CC(C)(O)c1cc2nn(C3CCC4(CC3)CC4)cc2cc1NC(=O)c1ccnc(C(F)(F)F)n1. The summed E-state index contributed by atoms with van der Waals surface area (Å²) in [5, 5.41) is 18.9. The third-order valence-corrected chi connectivity index (χ3v) is 7.06. The van der Waals surface area contributed by atoms with E-state index in [9.17, 15) is 23.1 Å². The van der Waals surface area contributed by atoms with Crippen LogP contribution in [0.5, 0.6) is 0 Å². The highest BCUT2D eigenvalue weighted by Crippen LogP contribution is 2.57. The smallest absolute Gasteiger partial charge is 0.386 e. The minimum absolute atomic E-state index is 0.289. The van der Waals surface area contributed by atoms with Crippen LogP contribution in [0.1, 0.15) is 80.3 Å². The molecule has 0 unspecified atom stereocenters. The molecule has 2 aromatic heterocycles. The maximum Gasteiger partial charge on any atom is 0.451 e. The van der Waals surface area contributed by atoms with Gasteiger partial charge in [0.2, 0.25) is 5.82 Å². The molecular weight excluding hydrogens is 447 g/mol. The number of rotatable bonds is 4. The number of benzene rings is 1. The molecule has 0 aliphatic heterocycles. The largest absolute Gasteiger partial charge is 0.451 e. The second kappa shape index (κ2) is 7.76. The maximum absolute atomic E-state index is 13.0.